The minimum atomic E-state index is -4.80. The minimum absolute atomic E-state index is 0.00743. The van der Waals surface area contributed by atoms with Crippen molar-refractivity contribution in [2.24, 2.45) is 0 Å². The first kappa shape index (κ1) is 16.2. The van der Waals surface area contributed by atoms with Crippen molar-refractivity contribution in [2.75, 3.05) is 11.9 Å². The van der Waals surface area contributed by atoms with Crippen LogP contribution >= 0.6 is 0 Å². The maximum absolute atomic E-state index is 12.4. The first-order valence-corrected chi connectivity index (χ1v) is 6.99. The molecule has 1 aliphatic heterocycles. The number of urea groups is 1. The van der Waals surface area contributed by atoms with Crippen LogP contribution in [-0.4, -0.2) is 29.9 Å². The lowest BCUT2D eigenvalue weighted by Crippen LogP contribution is -2.39. The van der Waals surface area contributed by atoms with Gasteiger partial charge in [-0.05, 0) is 18.6 Å². The Morgan fingerprint density at radius 3 is 2.82 bits per heavy atom. The van der Waals surface area contributed by atoms with Crippen LogP contribution in [0.15, 0.2) is 36.4 Å². The van der Waals surface area contributed by atoms with Crippen molar-refractivity contribution in [1.29, 1.82) is 0 Å². The molecule has 2 rings (SSSR count). The Hall–Kier alpha value is -2.18. The van der Waals surface area contributed by atoms with E-state index in [1.54, 1.807) is 4.90 Å². The van der Waals surface area contributed by atoms with Crippen LogP contribution in [0.25, 0.3) is 0 Å². The number of ether oxygens (including phenoxy) is 1. The summed E-state index contributed by atoms with van der Waals surface area (Å²) in [5.41, 5.74) is -0.00743. The van der Waals surface area contributed by atoms with Crippen molar-refractivity contribution < 1.29 is 22.7 Å². The van der Waals surface area contributed by atoms with Crippen LogP contribution in [0.1, 0.15) is 19.8 Å². The highest BCUT2D eigenvalue weighted by atomic mass is 19.4. The maximum Gasteiger partial charge on any atom is 0.573 e. The molecule has 7 heteroatoms. The molecular weight excluding hydrogens is 297 g/mol. The fourth-order valence-electron chi connectivity index (χ4n) is 2.32. The van der Waals surface area contributed by atoms with E-state index in [4.69, 9.17) is 0 Å². The van der Waals surface area contributed by atoms with Crippen LogP contribution in [0, 0.1) is 0 Å². The molecule has 0 radical (unpaired) electrons. The van der Waals surface area contributed by atoms with Gasteiger partial charge < -0.3 is 15.0 Å². The third-order valence-corrected chi connectivity index (χ3v) is 3.26. The number of para-hydroxylation sites is 2. The molecule has 1 aliphatic rings. The molecule has 0 unspecified atom stereocenters. The van der Waals surface area contributed by atoms with Gasteiger partial charge in [0.15, 0.2) is 5.75 Å². The molecule has 0 aromatic heterocycles. The largest absolute Gasteiger partial charge is 0.573 e. The summed E-state index contributed by atoms with van der Waals surface area (Å²) in [6.45, 7) is 2.45. The van der Waals surface area contributed by atoms with E-state index >= 15 is 0 Å². The predicted octanol–water partition coefficient (Wildman–Crippen LogP) is 4.16. The summed E-state index contributed by atoms with van der Waals surface area (Å²) in [6.07, 6.45) is 0.719. The van der Waals surface area contributed by atoms with Gasteiger partial charge in [0.2, 0.25) is 0 Å². The number of rotatable bonds is 4. The molecule has 120 valence electrons. The number of halogens is 3. The number of benzene rings is 1. The monoisotopic (exact) mass is 314 g/mol. The molecule has 4 nitrogen and oxygen atoms in total. The number of nitrogens with zero attached hydrogens (tertiary/aromatic N) is 1. The zero-order valence-electron chi connectivity index (χ0n) is 12.1. The lowest BCUT2D eigenvalue weighted by molar-refractivity contribution is -0.274. The SMILES string of the molecule is CCC[C@@H]1C=CCN1C(=O)Nc1ccccc1OC(F)(F)F. The third kappa shape index (κ3) is 4.16. The highest BCUT2D eigenvalue weighted by Crippen LogP contribution is 2.30. The van der Waals surface area contributed by atoms with Crippen molar-refractivity contribution in [2.45, 2.75) is 32.2 Å². The molecule has 0 aliphatic carbocycles. The lowest BCUT2D eigenvalue weighted by atomic mass is 10.2. The quantitative estimate of drug-likeness (QED) is 0.848. The number of anilines is 1. The van der Waals surface area contributed by atoms with E-state index in [1.165, 1.54) is 18.2 Å². The van der Waals surface area contributed by atoms with Crippen LogP contribution in [0.4, 0.5) is 23.7 Å². The predicted molar refractivity (Wildman–Crippen MR) is 76.7 cm³/mol. The van der Waals surface area contributed by atoms with E-state index in [-0.39, 0.29) is 11.7 Å². The zero-order chi connectivity index (χ0) is 16.2. The highest BCUT2D eigenvalue weighted by Gasteiger charge is 2.32. The van der Waals surface area contributed by atoms with E-state index in [0.29, 0.717) is 6.54 Å². The molecule has 1 heterocycles. The Kier molecular flexibility index (Phi) is 4.95. The summed E-state index contributed by atoms with van der Waals surface area (Å²) in [6, 6.07) is 5.01. The Morgan fingerprint density at radius 2 is 2.14 bits per heavy atom. The fraction of sp³-hybridized carbons (Fsp3) is 0.400. The van der Waals surface area contributed by atoms with Crippen molar-refractivity contribution in [3.05, 3.63) is 36.4 Å². The van der Waals surface area contributed by atoms with Crippen molar-refractivity contribution in [3.63, 3.8) is 0 Å². The van der Waals surface area contributed by atoms with Crippen molar-refractivity contribution >= 4 is 11.7 Å². The van der Waals surface area contributed by atoms with Crippen LogP contribution in [0.5, 0.6) is 5.75 Å². The second-order valence-electron chi connectivity index (χ2n) is 4.91. The molecule has 0 bridgehead atoms. The van der Waals surface area contributed by atoms with Gasteiger partial charge in [-0.2, -0.15) is 0 Å². The number of carbonyl (C=O) groups is 1. The van der Waals surface area contributed by atoms with E-state index in [0.717, 1.165) is 18.9 Å². The van der Waals surface area contributed by atoms with Gasteiger partial charge in [0.1, 0.15) is 0 Å². The van der Waals surface area contributed by atoms with Gasteiger partial charge in [0.25, 0.3) is 0 Å². The maximum atomic E-state index is 12.4. The number of amides is 2. The zero-order valence-corrected chi connectivity index (χ0v) is 12.1. The van der Waals surface area contributed by atoms with Crippen LogP contribution in [0.3, 0.4) is 0 Å². The Morgan fingerprint density at radius 1 is 1.41 bits per heavy atom. The van der Waals surface area contributed by atoms with Gasteiger partial charge in [-0.15, -0.1) is 13.2 Å². The minimum Gasteiger partial charge on any atom is -0.404 e. The molecule has 2 amide bonds. The van der Waals surface area contributed by atoms with E-state index < -0.39 is 18.1 Å². The Balaban J connectivity index is 2.09. The van der Waals surface area contributed by atoms with Gasteiger partial charge in [0, 0.05) is 6.54 Å². The normalized spacial score (nSPS) is 17.6. The standard InChI is InChI=1S/C15H17F3N2O2/c1-2-6-11-7-5-10-20(11)14(21)19-12-8-3-4-9-13(12)22-15(16,17)18/h3-5,7-9,11H,2,6,10H2,1H3,(H,19,21)/t11-/m1/s1. The van der Waals surface area contributed by atoms with Crippen LogP contribution in [-0.2, 0) is 0 Å². The summed E-state index contributed by atoms with van der Waals surface area (Å²) in [5, 5.41) is 2.49. The first-order chi connectivity index (χ1) is 10.4. The van der Waals surface area contributed by atoms with Crippen molar-refractivity contribution in [1.82, 2.24) is 4.90 Å². The van der Waals surface area contributed by atoms with Crippen LogP contribution < -0.4 is 10.1 Å². The van der Waals surface area contributed by atoms with E-state index in [2.05, 4.69) is 10.1 Å². The van der Waals surface area contributed by atoms with Gasteiger partial charge in [-0.3, -0.25) is 0 Å². The molecule has 22 heavy (non-hydrogen) atoms. The molecule has 1 aromatic carbocycles. The first-order valence-electron chi connectivity index (χ1n) is 6.99. The number of carbonyl (C=O) groups excluding carboxylic acids is 1. The van der Waals surface area contributed by atoms with Crippen molar-refractivity contribution in [3.8, 4) is 5.75 Å². The second kappa shape index (κ2) is 6.72. The summed E-state index contributed by atoms with van der Waals surface area (Å²) in [5.74, 6) is -0.428. The third-order valence-electron chi connectivity index (χ3n) is 3.26. The molecule has 1 N–H and O–H groups in total. The molecule has 1 atom stereocenters. The van der Waals surface area contributed by atoms with Gasteiger partial charge in [0.05, 0.1) is 11.7 Å². The second-order valence-corrected chi connectivity index (χ2v) is 4.91. The number of hydrogen-bond donors (Lipinski definition) is 1. The Labute approximate surface area is 126 Å². The highest BCUT2D eigenvalue weighted by molar-refractivity contribution is 5.91. The Bertz CT molecular complexity index is 558. The fourth-order valence-corrected chi connectivity index (χ4v) is 2.32. The molecule has 0 spiro atoms. The average Bonchev–Trinajstić information content (AvgIpc) is 2.88. The molecule has 0 saturated carbocycles. The number of alkyl halides is 3. The molecule has 1 aromatic rings. The average molecular weight is 314 g/mol. The van der Waals surface area contributed by atoms with E-state index in [9.17, 15) is 18.0 Å². The number of nitrogens with one attached hydrogen (secondary N) is 1. The number of hydrogen-bond acceptors (Lipinski definition) is 2. The van der Waals surface area contributed by atoms with Gasteiger partial charge in [-0.1, -0.05) is 37.6 Å². The topological polar surface area (TPSA) is 41.6 Å². The lowest BCUT2D eigenvalue weighted by Gasteiger charge is -2.25. The molecule has 0 saturated heterocycles. The summed E-state index contributed by atoms with van der Waals surface area (Å²) < 4.78 is 41.0. The molecular formula is C15H17F3N2O2. The molecule has 0 fully saturated rings. The summed E-state index contributed by atoms with van der Waals surface area (Å²) in [4.78, 5) is 13.8. The van der Waals surface area contributed by atoms with E-state index in [1.807, 2.05) is 19.1 Å². The summed E-state index contributed by atoms with van der Waals surface area (Å²) >= 11 is 0. The van der Waals surface area contributed by atoms with Gasteiger partial charge >= 0.3 is 12.4 Å². The summed E-state index contributed by atoms with van der Waals surface area (Å²) in [7, 11) is 0. The smallest absolute Gasteiger partial charge is 0.404 e. The van der Waals surface area contributed by atoms with Gasteiger partial charge in [-0.25, -0.2) is 4.79 Å². The van der Waals surface area contributed by atoms with Crippen LogP contribution in [0.2, 0.25) is 0 Å².